The van der Waals surface area contributed by atoms with Crippen LogP contribution >= 0.6 is 0 Å². The second-order valence-corrected chi connectivity index (χ2v) is 5.98. The van der Waals surface area contributed by atoms with Crippen molar-refractivity contribution in [2.75, 3.05) is 33.2 Å². The van der Waals surface area contributed by atoms with E-state index < -0.39 is 0 Å². The van der Waals surface area contributed by atoms with Gasteiger partial charge in [-0.15, -0.1) is 0 Å². The van der Waals surface area contributed by atoms with Crippen molar-refractivity contribution in [3.05, 3.63) is 66.0 Å². The standard InChI is InChI=1S/C20H29N5/c1-3-21-20(23-14-12-19-11-7-8-13-22-19)24-15-16-25(2)17-18-9-5-4-6-10-18/h4-11,13H,3,12,14-17H2,1-2H3,(H2,21,23,24). The first kappa shape index (κ1) is 18.9. The van der Waals surface area contributed by atoms with Gasteiger partial charge in [-0.25, -0.2) is 0 Å². The summed E-state index contributed by atoms with van der Waals surface area (Å²) in [5, 5.41) is 6.67. The van der Waals surface area contributed by atoms with Crippen molar-refractivity contribution >= 4 is 5.96 Å². The van der Waals surface area contributed by atoms with Crippen LogP contribution in [-0.2, 0) is 13.0 Å². The number of nitrogens with one attached hydrogen (secondary N) is 2. The van der Waals surface area contributed by atoms with Crippen LogP contribution in [0.4, 0.5) is 0 Å². The molecule has 0 fully saturated rings. The van der Waals surface area contributed by atoms with Gasteiger partial charge in [-0.3, -0.25) is 9.98 Å². The lowest BCUT2D eigenvalue weighted by molar-refractivity contribution is 0.336. The molecular formula is C20H29N5. The second kappa shape index (κ2) is 11.2. The summed E-state index contributed by atoms with van der Waals surface area (Å²) in [5.41, 5.74) is 2.42. The Morgan fingerprint density at radius 1 is 1.08 bits per heavy atom. The Balaban J connectivity index is 1.72. The van der Waals surface area contributed by atoms with Gasteiger partial charge in [-0.2, -0.15) is 0 Å². The number of hydrogen-bond acceptors (Lipinski definition) is 3. The summed E-state index contributed by atoms with van der Waals surface area (Å²) in [4.78, 5) is 11.3. The van der Waals surface area contributed by atoms with E-state index in [0.717, 1.165) is 50.8 Å². The third-order valence-corrected chi connectivity index (χ3v) is 3.79. The van der Waals surface area contributed by atoms with Crippen LogP contribution in [0.3, 0.4) is 0 Å². The molecule has 0 radical (unpaired) electrons. The number of aromatic nitrogens is 1. The first-order chi connectivity index (χ1) is 12.3. The number of rotatable bonds is 9. The van der Waals surface area contributed by atoms with Crippen LogP contribution in [0, 0.1) is 0 Å². The van der Waals surface area contributed by atoms with Crippen LogP contribution in [0.25, 0.3) is 0 Å². The van der Waals surface area contributed by atoms with Gasteiger partial charge in [-0.05, 0) is 31.7 Å². The average molecular weight is 339 g/mol. The van der Waals surface area contributed by atoms with E-state index in [4.69, 9.17) is 0 Å². The maximum atomic E-state index is 4.66. The zero-order valence-electron chi connectivity index (χ0n) is 15.3. The molecule has 0 saturated carbocycles. The van der Waals surface area contributed by atoms with E-state index in [1.54, 1.807) is 0 Å². The first-order valence-corrected chi connectivity index (χ1v) is 8.92. The summed E-state index contributed by atoms with van der Waals surface area (Å²) in [6.45, 7) is 6.39. The fraction of sp³-hybridized carbons (Fsp3) is 0.400. The predicted octanol–water partition coefficient (Wildman–Crippen LogP) is 2.31. The number of likely N-dealkylation sites (N-methyl/N-ethyl adjacent to an activating group) is 1. The predicted molar refractivity (Wildman–Crippen MR) is 105 cm³/mol. The Morgan fingerprint density at radius 3 is 2.60 bits per heavy atom. The summed E-state index contributed by atoms with van der Waals surface area (Å²) < 4.78 is 0. The summed E-state index contributed by atoms with van der Waals surface area (Å²) >= 11 is 0. The van der Waals surface area contributed by atoms with Crippen LogP contribution in [0.2, 0.25) is 0 Å². The third-order valence-electron chi connectivity index (χ3n) is 3.79. The van der Waals surface area contributed by atoms with E-state index in [1.165, 1.54) is 5.56 Å². The quantitative estimate of drug-likeness (QED) is 0.544. The van der Waals surface area contributed by atoms with Gasteiger partial charge in [-0.1, -0.05) is 36.4 Å². The van der Waals surface area contributed by atoms with Crippen LogP contribution < -0.4 is 10.6 Å². The van der Waals surface area contributed by atoms with Gasteiger partial charge in [0.05, 0.1) is 6.54 Å². The highest BCUT2D eigenvalue weighted by Crippen LogP contribution is 2.01. The Bertz CT molecular complexity index is 612. The fourth-order valence-electron chi connectivity index (χ4n) is 2.50. The van der Waals surface area contributed by atoms with Crippen molar-refractivity contribution in [3.8, 4) is 0 Å². The molecule has 0 aliphatic rings. The molecule has 0 bridgehead atoms. The van der Waals surface area contributed by atoms with Crippen molar-refractivity contribution in [1.82, 2.24) is 20.5 Å². The third kappa shape index (κ3) is 7.81. The van der Waals surface area contributed by atoms with E-state index in [-0.39, 0.29) is 0 Å². The number of aliphatic imine (C=N–C) groups is 1. The largest absolute Gasteiger partial charge is 0.357 e. The maximum absolute atomic E-state index is 4.66. The van der Waals surface area contributed by atoms with E-state index in [2.05, 4.69) is 63.7 Å². The highest BCUT2D eigenvalue weighted by molar-refractivity contribution is 5.79. The van der Waals surface area contributed by atoms with Gasteiger partial charge in [0.25, 0.3) is 0 Å². The number of nitrogens with zero attached hydrogens (tertiary/aromatic N) is 3. The molecule has 0 saturated heterocycles. The first-order valence-electron chi connectivity index (χ1n) is 8.92. The van der Waals surface area contributed by atoms with Gasteiger partial charge < -0.3 is 15.5 Å². The van der Waals surface area contributed by atoms with Gasteiger partial charge in [0.1, 0.15) is 0 Å². The van der Waals surface area contributed by atoms with E-state index in [1.807, 2.05) is 30.5 Å². The smallest absolute Gasteiger partial charge is 0.191 e. The Morgan fingerprint density at radius 2 is 1.88 bits per heavy atom. The molecule has 0 spiro atoms. The molecule has 5 heteroatoms. The van der Waals surface area contributed by atoms with Crippen molar-refractivity contribution < 1.29 is 0 Å². The molecule has 5 nitrogen and oxygen atoms in total. The SMILES string of the molecule is CCNC(=NCCN(C)Cc1ccccc1)NCCc1ccccn1. The monoisotopic (exact) mass is 339 g/mol. The number of hydrogen-bond donors (Lipinski definition) is 2. The molecule has 0 aliphatic carbocycles. The van der Waals surface area contributed by atoms with Gasteiger partial charge in [0.15, 0.2) is 5.96 Å². The Kier molecular flexibility index (Phi) is 8.49. The molecule has 1 aromatic carbocycles. The zero-order chi connectivity index (χ0) is 17.7. The molecule has 0 unspecified atom stereocenters. The lowest BCUT2D eigenvalue weighted by Gasteiger charge is -2.16. The van der Waals surface area contributed by atoms with Crippen LogP contribution in [-0.4, -0.2) is 49.1 Å². The van der Waals surface area contributed by atoms with Crippen molar-refractivity contribution in [3.63, 3.8) is 0 Å². The summed E-state index contributed by atoms with van der Waals surface area (Å²) in [6.07, 6.45) is 2.72. The minimum atomic E-state index is 0.766. The summed E-state index contributed by atoms with van der Waals surface area (Å²) in [7, 11) is 2.13. The van der Waals surface area contributed by atoms with E-state index in [0.29, 0.717) is 0 Å². The average Bonchev–Trinajstić information content (AvgIpc) is 2.63. The van der Waals surface area contributed by atoms with E-state index >= 15 is 0 Å². The highest BCUT2D eigenvalue weighted by Gasteiger charge is 2.01. The topological polar surface area (TPSA) is 52.6 Å². The molecule has 1 aromatic heterocycles. The van der Waals surface area contributed by atoms with Crippen LogP contribution in [0.1, 0.15) is 18.2 Å². The lowest BCUT2D eigenvalue weighted by Crippen LogP contribution is -2.39. The molecule has 2 N–H and O–H groups in total. The van der Waals surface area contributed by atoms with Crippen LogP contribution in [0.5, 0.6) is 0 Å². The molecule has 0 aliphatic heterocycles. The minimum absolute atomic E-state index is 0.766. The normalized spacial score (nSPS) is 11.6. The molecule has 25 heavy (non-hydrogen) atoms. The molecule has 0 atom stereocenters. The summed E-state index contributed by atoms with van der Waals surface area (Å²) in [6, 6.07) is 16.5. The van der Waals surface area contributed by atoms with E-state index in [9.17, 15) is 0 Å². The molecular weight excluding hydrogens is 310 g/mol. The van der Waals surface area contributed by atoms with Crippen LogP contribution in [0.15, 0.2) is 59.7 Å². The lowest BCUT2D eigenvalue weighted by atomic mass is 10.2. The Hall–Kier alpha value is -2.40. The fourth-order valence-corrected chi connectivity index (χ4v) is 2.50. The minimum Gasteiger partial charge on any atom is -0.357 e. The molecule has 134 valence electrons. The number of pyridine rings is 1. The number of guanidine groups is 1. The Labute approximate surface area is 151 Å². The molecule has 2 aromatic rings. The molecule has 2 rings (SSSR count). The van der Waals surface area contributed by atoms with Crippen molar-refractivity contribution in [1.29, 1.82) is 0 Å². The summed E-state index contributed by atoms with van der Waals surface area (Å²) in [5.74, 6) is 0.867. The van der Waals surface area contributed by atoms with Gasteiger partial charge >= 0.3 is 0 Å². The van der Waals surface area contributed by atoms with Gasteiger partial charge in [0, 0.05) is 44.5 Å². The van der Waals surface area contributed by atoms with Crippen molar-refractivity contribution in [2.24, 2.45) is 4.99 Å². The molecule has 1 heterocycles. The molecule has 0 amide bonds. The second-order valence-electron chi connectivity index (χ2n) is 5.98. The maximum Gasteiger partial charge on any atom is 0.191 e. The van der Waals surface area contributed by atoms with Gasteiger partial charge in [0.2, 0.25) is 0 Å². The van der Waals surface area contributed by atoms with Crippen molar-refractivity contribution in [2.45, 2.75) is 19.9 Å². The highest BCUT2D eigenvalue weighted by atomic mass is 15.2. The number of benzene rings is 1. The zero-order valence-corrected chi connectivity index (χ0v) is 15.3.